The fourth-order valence-corrected chi connectivity index (χ4v) is 4.38. The van der Waals surface area contributed by atoms with Gasteiger partial charge in [-0.2, -0.15) is 5.10 Å². The SMILES string of the molecule is Cc1nc2cc([C@@H]3CCN(C(=O)c4ccccn4)C3)nn2c(C)c1CCC(=O)NC(C)C. The molecule has 0 radical (unpaired) electrons. The molecule has 3 aromatic rings. The van der Waals surface area contributed by atoms with Crippen molar-refractivity contribution in [3.63, 3.8) is 0 Å². The van der Waals surface area contributed by atoms with Crippen LogP contribution in [0.2, 0.25) is 0 Å². The molecule has 1 fully saturated rings. The maximum absolute atomic E-state index is 12.7. The molecule has 168 valence electrons. The molecule has 32 heavy (non-hydrogen) atoms. The van der Waals surface area contributed by atoms with Gasteiger partial charge in [0.25, 0.3) is 5.91 Å². The lowest BCUT2D eigenvalue weighted by Crippen LogP contribution is -2.30. The number of carbonyl (C=O) groups is 2. The first-order valence-electron chi connectivity index (χ1n) is 11.2. The van der Waals surface area contributed by atoms with Gasteiger partial charge in [-0.25, -0.2) is 9.50 Å². The predicted octanol–water partition coefficient (Wildman–Crippen LogP) is 2.83. The Morgan fingerprint density at radius 2 is 2.06 bits per heavy atom. The number of nitrogens with one attached hydrogen (secondary N) is 1. The third-order valence-electron chi connectivity index (χ3n) is 6.01. The Bertz CT molecular complexity index is 1140. The van der Waals surface area contributed by atoms with E-state index in [0.717, 1.165) is 34.7 Å². The first-order valence-corrected chi connectivity index (χ1v) is 11.2. The number of aryl methyl sites for hydroxylation is 2. The number of amides is 2. The van der Waals surface area contributed by atoms with E-state index in [1.807, 2.05) is 55.3 Å². The molecular weight excluding hydrogens is 404 g/mol. The number of hydrogen-bond acceptors (Lipinski definition) is 5. The van der Waals surface area contributed by atoms with Crippen molar-refractivity contribution in [3.05, 3.63) is 58.8 Å². The van der Waals surface area contributed by atoms with Crippen molar-refractivity contribution in [3.8, 4) is 0 Å². The smallest absolute Gasteiger partial charge is 0.272 e. The number of nitrogens with zero attached hydrogens (tertiary/aromatic N) is 5. The molecular formula is C24H30N6O2. The van der Waals surface area contributed by atoms with Crippen molar-refractivity contribution in [1.29, 1.82) is 0 Å². The molecule has 1 aliphatic heterocycles. The lowest BCUT2D eigenvalue weighted by molar-refractivity contribution is -0.121. The summed E-state index contributed by atoms with van der Waals surface area (Å²) in [5.74, 6) is 0.178. The highest BCUT2D eigenvalue weighted by molar-refractivity contribution is 5.92. The Hall–Kier alpha value is -3.29. The van der Waals surface area contributed by atoms with Gasteiger partial charge in [0.15, 0.2) is 5.65 Å². The molecule has 4 heterocycles. The van der Waals surface area contributed by atoms with Crippen LogP contribution in [0.4, 0.5) is 0 Å². The van der Waals surface area contributed by atoms with Gasteiger partial charge in [0.1, 0.15) is 5.69 Å². The minimum Gasteiger partial charge on any atom is -0.354 e. The quantitative estimate of drug-likeness (QED) is 0.644. The zero-order valence-electron chi connectivity index (χ0n) is 19.1. The molecule has 1 N–H and O–H groups in total. The maximum Gasteiger partial charge on any atom is 0.272 e. The van der Waals surface area contributed by atoms with Gasteiger partial charge in [-0.15, -0.1) is 0 Å². The molecule has 1 aliphatic rings. The van der Waals surface area contributed by atoms with Crippen molar-refractivity contribution < 1.29 is 9.59 Å². The normalized spacial score (nSPS) is 16.2. The van der Waals surface area contributed by atoms with E-state index in [2.05, 4.69) is 10.3 Å². The van der Waals surface area contributed by atoms with Crippen molar-refractivity contribution in [1.82, 2.24) is 29.8 Å². The summed E-state index contributed by atoms with van der Waals surface area (Å²) in [5.41, 5.74) is 5.23. The zero-order valence-corrected chi connectivity index (χ0v) is 19.1. The van der Waals surface area contributed by atoms with Crippen molar-refractivity contribution in [2.24, 2.45) is 0 Å². The highest BCUT2D eigenvalue weighted by Crippen LogP contribution is 2.28. The number of aromatic nitrogens is 4. The number of rotatable bonds is 6. The first-order chi connectivity index (χ1) is 15.3. The molecule has 8 nitrogen and oxygen atoms in total. The van der Waals surface area contributed by atoms with Crippen molar-refractivity contribution >= 4 is 17.5 Å². The average Bonchev–Trinajstić information content (AvgIpc) is 3.40. The van der Waals surface area contributed by atoms with Crippen LogP contribution >= 0.6 is 0 Å². The summed E-state index contributed by atoms with van der Waals surface area (Å²) in [4.78, 5) is 35.6. The van der Waals surface area contributed by atoms with Crippen LogP contribution in [0, 0.1) is 13.8 Å². The second-order valence-corrected chi connectivity index (χ2v) is 8.77. The van der Waals surface area contributed by atoms with Crippen LogP contribution in [-0.2, 0) is 11.2 Å². The Morgan fingerprint density at radius 3 is 2.78 bits per heavy atom. The largest absolute Gasteiger partial charge is 0.354 e. The minimum absolute atomic E-state index is 0.0380. The van der Waals surface area contributed by atoms with Crippen LogP contribution in [0.5, 0.6) is 0 Å². The van der Waals surface area contributed by atoms with E-state index >= 15 is 0 Å². The van der Waals surface area contributed by atoms with Crippen molar-refractivity contribution in [2.75, 3.05) is 13.1 Å². The Labute approximate surface area is 188 Å². The van der Waals surface area contributed by atoms with Gasteiger partial charge in [0.05, 0.1) is 5.69 Å². The van der Waals surface area contributed by atoms with Crippen LogP contribution < -0.4 is 5.32 Å². The first kappa shape index (κ1) is 21.9. The second kappa shape index (κ2) is 9.06. The van der Waals surface area contributed by atoms with E-state index in [1.165, 1.54) is 0 Å². The number of pyridine rings is 1. The van der Waals surface area contributed by atoms with Gasteiger partial charge in [-0.05, 0) is 58.2 Å². The van der Waals surface area contributed by atoms with Crippen LogP contribution in [-0.4, -0.2) is 55.4 Å². The zero-order chi connectivity index (χ0) is 22.8. The summed E-state index contributed by atoms with van der Waals surface area (Å²) in [6.07, 6.45) is 3.56. The van der Waals surface area contributed by atoms with E-state index in [-0.39, 0.29) is 23.8 Å². The highest BCUT2D eigenvalue weighted by atomic mass is 16.2. The van der Waals surface area contributed by atoms with Gasteiger partial charge in [-0.1, -0.05) is 6.07 Å². The standard InChI is InChI=1S/C24H30N6O2/c1-15(2)26-23(31)9-8-19-16(3)27-22-13-21(28-30(22)17(19)4)18-10-12-29(14-18)24(32)20-7-5-6-11-25-20/h5-7,11,13,15,18H,8-10,12,14H2,1-4H3,(H,26,31)/t18-/m1/s1. The van der Waals surface area contributed by atoms with Crippen LogP contribution in [0.3, 0.4) is 0 Å². The van der Waals surface area contributed by atoms with Gasteiger partial charge in [0.2, 0.25) is 5.91 Å². The maximum atomic E-state index is 12.7. The van der Waals surface area contributed by atoms with Crippen LogP contribution in [0.1, 0.15) is 65.7 Å². The van der Waals surface area contributed by atoms with E-state index in [9.17, 15) is 9.59 Å². The number of carbonyl (C=O) groups excluding carboxylic acids is 2. The summed E-state index contributed by atoms with van der Waals surface area (Å²) in [6, 6.07) is 7.54. The van der Waals surface area contributed by atoms with Crippen molar-refractivity contribution in [2.45, 2.75) is 58.9 Å². The topological polar surface area (TPSA) is 92.5 Å². The molecule has 3 aromatic heterocycles. The van der Waals surface area contributed by atoms with E-state index in [4.69, 9.17) is 10.1 Å². The molecule has 0 unspecified atom stereocenters. The fourth-order valence-electron chi connectivity index (χ4n) is 4.38. The summed E-state index contributed by atoms with van der Waals surface area (Å²) in [5, 5.41) is 7.77. The Morgan fingerprint density at radius 1 is 1.25 bits per heavy atom. The van der Waals surface area contributed by atoms with E-state index < -0.39 is 0 Å². The van der Waals surface area contributed by atoms with Gasteiger partial charge in [-0.3, -0.25) is 14.6 Å². The molecule has 2 amide bonds. The molecule has 0 aromatic carbocycles. The number of hydrogen-bond donors (Lipinski definition) is 1. The second-order valence-electron chi connectivity index (χ2n) is 8.77. The summed E-state index contributed by atoms with van der Waals surface area (Å²) >= 11 is 0. The lowest BCUT2D eigenvalue weighted by atomic mass is 10.1. The summed E-state index contributed by atoms with van der Waals surface area (Å²) in [6.45, 7) is 9.25. The summed E-state index contributed by atoms with van der Waals surface area (Å²) in [7, 11) is 0. The number of likely N-dealkylation sites (tertiary alicyclic amines) is 1. The monoisotopic (exact) mass is 434 g/mol. The Balaban J connectivity index is 1.51. The van der Waals surface area contributed by atoms with Gasteiger partial charge < -0.3 is 10.2 Å². The highest BCUT2D eigenvalue weighted by Gasteiger charge is 2.30. The van der Waals surface area contributed by atoms with Gasteiger partial charge >= 0.3 is 0 Å². The molecule has 8 heteroatoms. The van der Waals surface area contributed by atoms with Gasteiger partial charge in [0, 0.05) is 55.1 Å². The van der Waals surface area contributed by atoms with E-state index in [0.29, 0.717) is 31.6 Å². The Kier molecular flexibility index (Phi) is 6.21. The third kappa shape index (κ3) is 4.49. The minimum atomic E-state index is -0.0380. The molecule has 0 aliphatic carbocycles. The van der Waals surface area contributed by atoms with Crippen LogP contribution in [0.25, 0.3) is 5.65 Å². The average molecular weight is 435 g/mol. The molecule has 0 spiro atoms. The van der Waals surface area contributed by atoms with E-state index in [1.54, 1.807) is 12.3 Å². The number of fused-ring (bicyclic) bond motifs is 1. The van der Waals surface area contributed by atoms with Crippen LogP contribution in [0.15, 0.2) is 30.5 Å². The molecule has 1 atom stereocenters. The predicted molar refractivity (Wildman–Crippen MR) is 122 cm³/mol. The lowest BCUT2D eigenvalue weighted by Gasteiger charge is -2.15. The molecule has 1 saturated heterocycles. The third-order valence-corrected chi connectivity index (χ3v) is 6.01. The molecule has 0 saturated carbocycles. The molecule has 4 rings (SSSR count). The fraction of sp³-hybridized carbons (Fsp3) is 0.458. The summed E-state index contributed by atoms with van der Waals surface area (Å²) < 4.78 is 1.88. The molecule has 0 bridgehead atoms.